The number of carboxylic acids is 4. The third-order valence-corrected chi connectivity index (χ3v) is 11.7. The van der Waals surface area contributed by atoms with Gasteiger partial charge in [0, 0.05) is 32.4 Å². The van der Waals surface area contributed by atoms with E-state index in [1.807, 2.05) is 29.2 Å². The summed E-state index contributed by atoms with van der Waals surface area (Å²) < 4.78 is 22.2. The van der Waals surface area contributed by atoms with Crippen molar-refractivity contribution in [2.24, 2.45) is 0 Å². The molecule has 3 aliphatic heterocycles. The van der Waals surface area contributed by atoms with Gasteiger partial charge in [-0.25, -0.2) is 27.8 Å². The van der Waals surface area contributed by atoms with Crippen molar-refractivity contribution in [2.45, 2.75) is 18.8 Å². The SMILES string of the molecule is CNC(=S)NCCOCCOCCOCCOCCNC(=S)Nc1ccc(CC2C[N+]3(CC(=O)O)CC[N@@+]4(CC(=O)O)CC[N+](CC(=O)O)(CCN2CC(=O)O)[C@H]34)cc1. The number of rotatable bonds is 26. The zero-order valence-electron chi connectivity index (χ0n) is 33.7. The molecule has 0 saturated carbocycles. The Balaban J connectivity index is 1.25. The van der Waals surface area contributed by atoms with E-state index < -0.39 is 36.2 Å². The van der Waals surface area contributed by atoms with E-state index in [0.29, 0.717) is 109 Å². The lowest BCUT2D eigenvalue weighted by atomic mass is 10.0. The van der Waals surface area contributed by atoms with E-state index in [1.165, 1.54) is 0 Å². The number of aliphatic carboxylic acids is 4. The first-order chi connectivity index (χ1) is 28.2. The zero-order chi connectivity index (χ0) is 42.9. The lowest BCUT2D eigenvalue weighted by Gasteiger charge is -2.50. The van der Waals surface area contributed by atoms with Gasteiger partial charge in [0.1, 0.15) is 39.3 Å². The number of anilines is 1. The van der Waals surface area contributed by atoms with Crippen molar-refractivity contribution < 1.29 is 72.0 Å². The normalized spacial score (nSPS) is 25.0. The molecule has 3 aliphatic rings. The monoisotopic (exact) mass is 873 g/mol. The van der Waals surface area contributed by atoms with Crippen LogP contribution in [0.4, 0.5) is 5.69 Å². The first-order valence-electron chi connectivity index (χ1n) is 19.8. The lowest BCUT2D eigenvalue weighted by molar-refractivity contribution is -1.22. The summed E-state index contributed by atoms with van der Waals surface area (Å²) in [6, 6.07) is 7.11. The lowest BCUT2D eigenvalue weighted by Crippen LogP contribution is -2.77. The molecule has 20 nitrogen and oxygen atoms in total. The molecule has 1 aromatic carbocycles. The summed E-state index contributed by atoms with van der Waals surface area (Å²) in [5.74, 6) is -4.20. The van der Waals surface area contributed by atoms with E-state index in [2.05, 4.69) is 21.3 Å². The zero-order valence-corrected chi connectivity index (χ0v) is 35.3. The van der Waals surface area contributed by atoms with Gasteiger partial charge in [-0.05, 0) is 48.6 Å². The van der Waals surface area contributed by atoms with Crippen molar-refractivity contribution in [3.05, 3.63) is 29.8 Å². The Kier molecular flexibility index (Phi) is 18.8. The number of carbonyl (C=O) groups is 4. The smallest absolute Gasteiger partial charge is 0.359 e. The average Bonchev–Trinajstić information content (AvgIpc) is 3.63. The minimum Gasteiger partial charge on any atom is -0.480 e. The van der Waals surface area contributed by atoms with E-state index in [-0.39, 0.29) is 59.3 Å². The molecular weight excluding hydrogens is 813 g/mol. The van der Waals surface area contributed by atoms with Crippen LogP contribution in [0.3, 0.4) is 0 Å². The van der Waals surface area contributed by atoms with E-state index >= 15 is 0 Å². The molecule has 3 saturated heterocycles. The summed E-state index contributed by atoms with van der Waals surface area (Å²) in [5, 5.41) is 53.3. The predicted molar refractivity (Wildman–Crippen MR) is 222 cm³/mol. The largest absolute Gasteiger partial charge is 0.480 e. The van der Waals surface area contributed by atoms with E-state index in [4.69, 9.17) is 43.4 Å². The van der Waals surface area contributed by atoms with Crippen molar-refractivity contribution in [3.63, 3.8) is 0 Å². The van der Waals surface area contributed by atoms with Crippen molar-refractivity contribution in [2.75, 3.05) is 150 Å². The van der Waals surface area contributed by atoms with Crippen LogP contribution < -0.4 is 21.3 Å². The Morgan fingerprint density at radius 2 is 1.12 bits per heavy atom. The van der Waals surface area contributed by atoms with Gasteiger partial charge in [-0.1, -0.05) is 12.1 Å². The highest BCUT2D eigenvalue weighted by Gasteiger charge is 2.74. The predicted octanol–water partition coefficient (Wildman–Crippen LogP) is -1.54. The van der Waals surface area contributed by atoms with Crippen molar-refractivity contribution in [1.82, 2.24) is 20.9 Å². The Morgan fingerprint density at radius 3 is 1.61 bits per heavy atom. The summed E-state index contributed by atoms with van der Waals surface area (Å²) in [7, 11) is 1.75. The highest BCUT2D eigenvalue weighted by Crippen LogP contribution is 2.44. The number of quaternary nitrogens is 3. The average molecular weight is 874 g/mol. The minimum atomic E-state index is -1.07. The molecule has 5 atom stereocenters. The fraction of sp³-hybridized carbons (Fsp3) is 0.676. The maximum absolute atomic E-state index is 12.5. The molecular formula is C37H61N8O12S2+3. The Bertz CT molecular complexity index is 1600. The molecule has 0 aliphatic carbocycles. The van der Waals surface area contributed by atoms with Gasteiger partial charge in [0.2, 0.25) is 0 Å². The van der Waals surface area contributed by atoms with Crippen molar-refractivity contribution in [3.8, 4) is 0 Å². The van der Waals surface area contributed by atoms with E-state index in [0.717, 1.165) is 11.3 Å². The Morgan fingerprint density at radius 1 is 0.661 bits per heavy atom. The van der Waals surface area contributed by atoms with Crippen LogP contribution in [-0.4, -0.2) is 230 Å². The quantitative estimate of drug-likeness (QED) is 0.0299. The molecule has 0 amide bonds. The molecule has 3 unspecified atom stereocenters. The summed E-state index contributed by atoms with van der Waals surface area (Å²) in [6.45, 7) is 5.83. The van der Waals surface area contributed by atoms with Gasteiger partial charge >= 0.3 is 30.2 Å². The van der Waals surface area contributed by atoms with Gasteiger partial charge < -0.3 is 60.6 Å². The molecule has 0 radical (unpaired) electrons. The number of ether oxygens (including phenoxy) is 4. The number of carboxylic acid groups (broad SMARTS) is 4. The van der Waals surface area contributed by atoms with Crippen molar-refractivity contribution in [1.29, 1.82) is 0 Å². The highest BCUT2D eigenvalue weighted by atomic mass is 32.1. The summed E-state index contributed by atoms with van der Waals surface area (Å²) in [4.78, 5) is 51.1. The van der Waals surface area contributed by atoms with Crippen LogP contribution in [0, 0.1) is 0 Å². The second kappa shape index (κ2) is 23.2. The van der Waals surface area contributed by atoms with Crippen molar-refractivity contribution >= 4 is 64.2 Å². The Labute approximate surface area is 355 Å². The molecule has 0 bridgehead atoms. The molecule has 0 aromatic heterocycles. The topological polar surface area (TPSA) is 237 Å². The molecule has 3 heterocycles. The third kappa shape index (κ3) is 14.4. The molecule has 0 spiro atoms. The first-order valence-corrected chi connectivity index (χ1v) is 20.6. The molecule has 330 valence electrons. The number of nitrogens with one attached hydrogen (secondary N) is 4. The molecule has 3 fully saturated rings. The number of nitrogens with zero attached hydrogens (tertiary/aromatic N) is 4. The van der Waals surface area contributed by atoms with Crippen LogP contribution in [0.25, 0.3) is 0 Å². The molecule has 4 rings (SSSR count). The minimum absolute atomic E-state index is 0.00857. The molecule has 22 heteroatoms. The maximum atomic E-state index is 12.5. The van der Waals surface area contributed by atoms with Crippen LogP contribution in [0.1, 0.15) is 5.56 Å². The first kappa shape index (κ1) is 47.8. The fourth-order valence-corrected chi connectivity index (χ4v) is 9.29. The van der Waals surface area contributed by atoms with Crippen LogP contribution in [0.5, 0.6) is 0 Å². The maximum Gasteiger partial charge on any atom is 0.359 e. The highest BCUT2D eigenvalue weighted by molar-refractivity contribution is 7.80. The fourth-order valence-electron chi connectivity index (χ4n) is 8.97. The van der Waals surface area contributed by atoms with Gasteiger partial charge in [-0.15, -0.1) is 0 Å². The van der Waals surface area contributed by atoms with Gasteiger partial charge in [-0.2, -0.15) is 0 Å². The standard InChI is InChI=1S/C37H58N8O12S2/c1-38-35(58)39-6-14-54-16-18-56-20-21-57-19-17-55-15-7-40-36(59)41-29-4-2-28(3-5-29)22-30-24-45(27-34(52)53)13-12-44(26-33(50)51)11-10-43(37(44)45,25-32(48)49)9-8-42(30)23-31(46)47/h2-5,30,37H,6-27H2,1H3,(H5-3,38,39,40,41,46,47,48,49,50,51,52,53,58,59)/p+3/t30?,37-,43?,44+,45?/m0/s1. The summed E-state index contributed by atoms with van der Waals surface area (Å²) >= 11 is 10.4. The molecule has 59 heavy (non-hydrogen) atoms. The van der Waals surface area contributed by atoms with Gasteiger partial charge in [0.25, 0.3) is 0 Å². The van der Waals surface area contributed by atoms with Crippen LogP contribution in [0.2, 0.25) is 0 Å². The van der Waals surface area contributed by atoms with Crippen LogP contribution >= 0.6 is 24.4 Å². The number of hydrogen-bond donors (Lipinski definition) is 8. The molecule has 1 aromatic rings. The third-order valence-electron chi connectivity index (χ3n) is 11.2. The second-order valence-electron chi connectivity index (χ2n) is 15.2. The van der Waals surface area contributed by atoms with E-state index in [9.17, 15) is 39.6 Å². The van der Waals surface area contributed by atoms with E-state index in [1.54, 1.807) is 7.05 Å². The van der Waals surface area contributed by atoms with Gasteiger partial charge in [-0.3, -0.25) is 9.69 Å². The summed E-state index contributed by atoms with van der Waals surface area (Å²) in [5.41, 5.74) is 1.62. The van der Waals surface area contributed by atoms with Crippen LogP contribution in [0.15, 0.2) is 24.3 Å². The second-order valence-corrected chi connectivity index (χ2v) is 16.0. The number of benzene rings is 1. The number of hydrogen-bond acceptors (Lipinski definition) is 11. The van der Waals surface area contributed by atoms with Gasteiger partial charge in [0.15, 0.2) is 29.9 Å². The van der Waals surface area contributed by atoms with Gasteiger partial charge in [0.05, 0.1) is 65.4 Å². The van der Waals surface area contributed by atoms with Crippen LogP contribution in [-0.2, 0) is 44.5 Å². The summed E-state index contributed by atoms with van der Waals surface area (Å²) in [6.07, 6.45) is -0.216. The Hall–Kier alpha value is -3.84. The molecule has 8 N–H and O–H groups in total. The number of thiocarbonyl (C=S) groups is 2.